The van der Waals surface area contributed by atoms with Crippen LogP contribution in [0.5, 0.6) is 0 Å². The number of carbonyl (C=O) groups excluding carboxylic acids is 1. The minimum Gasteiger partial charge on any atom is -0.480 e. The van der Waals surface area contributed by atoms with Crippen molar-refractivity contribution < 1.29 is 19.4 Å². The maximum atomic E-state index is 11.5. The average Bonchev–Trinajstić information content (AvgIpc) is 2.70. The summed E-state index contributed by atoms with van der Waals surface area (Å²) in [6.07, 6.45) is 3.06. The lowest BCUT2D eigenvalue weighted by molar-refractivity contribution is -0.153. The number of hydrogen-bond donors (Lipinski definition) is 2. The highest BCUT2D eigenvalue weighted by Crippen LogP contribution is 2.16. The van der Waals surface area contributed by atoms with Gasteiger partial charge in [-0.2, -0.15) is 0 Å². The molecule has 0 radical (unpaired) electrons. The number of carbonyl (C=O) groups is 2. The van der Waals surface area contributed by atoms with Crippen LogP contribution in [0.4, 0.5) is 0 Å². The fourth-order valence-corrected chi connectivity index (χ4v) is 1.54. The summed E-state index contributed by atoms with van der Waals surface area (Å²) in [5, 5.41) is 11.5. The molecule has 0 aromatic carbocycles. The summed E-state index contributed by atoms with van der Waals surface area (Å²) >= 11 is 0. The van der Waals surface area contributed by atoms with Crippen molar-refractivity contribution in [2.75, 3.05) is 13.2 Å². The Morgan fingerprint density at radius 3 is 2.69 bits per heavy atom. The Morgan fingerprint density at radius 2 is 2.19 bits per heavy atom. The Bertz CT molecular complexity index is 269. The quantitative estimate of drug-likeness (QED) is 0.683. The minimum absolute atomic E-state index is 0.216. The highest BCUT2D eigenvalue weighted by Gasteiger charge is 2.35. The first-order chi connectivity index (χ1) is 7.44. The van der Waals surface area contributed by atoms with Gasteiger partial charge in [0.05, 0.1) is 6.10 Å². The third-order valence-electron chi connectivity index (χ3n) is 2.88. The number of aliphatic carboxylic acids is 1. The maximum absolute atomic E-state index is 11.5. The van der Waals surface area contributed by atoms with E-state index in [-0.39, 0.29) is 6.10 Å². The van der Waals surface area contributed by atoms with Crippen LogP contribution in [0.2, 0.25) is 0 Å². The van der Waals surface area contributed by atoms with E-state index in [1.54, 1.807) is 0 Å². The van der Waals surface area contributed by atoms with Crippen molar-refractivity contribution in [2.24, 2.45) is 5.41 Å². The smallest absolute Gasteiger partial charge is 0.318 e. The van der Waals surface area contributed by atoms with Crippen LogP contribution in [0.1, 0.15) is 33.1 Å². The summed E-state index contributed by atoms with van der Waals surface area (Å²) in [5.41, 5.74) is -1.36. The van der Waals surface area contributed by atoms with Gasteiger partial charge in [-0.05, 0) is 33.1 Å². The molecule has 1 unspecified atom stereocenters. The van der Waals surface area contributed by atoms with Gasteiger partial charge in [0.15, 0.2) is 0 Å². The molecule has 0 aliphatic carbocycles. The molecule has 0 aromatic heterocycles. The summed E-state index contributed by atoms with van der Waals surface area (Å²) < 4.78 is 5.40. The standard InChI is InChI=1S/C11H19NO4/c1-11(2,10(14)15)9(13)12-6-5-8-4-3-7-16-8/h8H,3-7H2,1-2H3,(H,12,13)(H,14,15). The maximum Gasteiger partial charge on any atom is 0.318 e. The van der Waals surface area contributed by atoms with E-state index >= 15 is 0 Å². The van der Waals surface area contributed by atoms with Gasteiger partial charge in [0.2, 0.25) is 5.91 Å². The van der Waals surface area contributed by atoms with E-state index in [4.69, 9.17) is 9.84 Å². The molecule has 1 heterocycles. The highest BCUT2D eigenvalue weighted by atomic mass is 16.5. The van der Waals surface area contributed by atoms with E-state index in [0.717, 1.165) is 25.9 Å². The molecule has 0 spiro atoms. The molecule has 1 saturated heterocycles. The Kier molecular flexibility index (Phi) is 4.29. The first-order valence-electron chi connectivity index (χ1n) is 5.58. The van der Waals surface area contributed by atoms with Crippen molar-refractivity contribution in [2.45, 2.75) is 39.2 Å². The Hall–Kier alpha value is -1.10. The molecule has 1 amide bonds. The van der Waals surface area contributed by atoms with Crippen LogP contribution in [-0.2, 0) is 14.3 Å². The van der Waals surface area contributed by atoms with Gasteiger partial charge in [-0.15, -0.1) is 0 Å². The number of nitrogens with one attached hydrogen (secondary N) is 1. The molecule has 5 nitrogen and oxygen atoms in total. The molecule has 1 fully saturated rings. The number of amides is 1. The van der Waals surface area contributed by atoms with Crippen molar-refractivity contribution in [3.63, 3.8) is 0 Å². The Balaban J connectivity index is 2.26. The average molecular weight is 229 g/mol. The molecule has 0 saturated carbocycles. The van der Waals surface area contributed by atoms with E-state index < -0.39 is 17.3 Å². The molecular formula is C11H19NO4. The van der Waals surface area contributed by atoms with E-state index in [1.807, 2.05) is 0 Å². The van der Waals surface area contributed by atoms with E-state index in [1.165, 1.54) is 13.8 Å². The number of hydrogen-bond acceptors (Lipinski definition) is 3. The third-order valence-corrected chi connectivity index (χ3v) is 2.88. The van der Waals surface area contributed by atoms with Gasteiger partial charge in [0, 0.05) is 13.2 Å². The van der Waals surface area contributed by atoms with Gasteiger partial charge in [-0.3, -0.25) is 9.59 Å². The molecule has 16 heavy (non-hydrogen) atoms. The molecule has 0 bridgehead atoms. The number of rotatable bonds is 5. The molecule has 2 N–H and O–H groups in total. The Morgan fingerprint density at radius 1 is 1.50 bits per heavy atom. The fraction of sp³-hybridized carbons (Fsp3) is 0.818. The number of carboxylic acid groups (broad SMARTS) is 1. The van der Waals surface area contributed by atoms with Crippen LogP contribution in [0.25, 0.3) is 0 Å². The van der Waals surface area contributed by atoms with Crippen LogP contribution < -0.4 is 5.32 Å². The molecule has 5 heteroatoms. The van der Waals surface area contributed by atoms with Gasteiger partial charge in [0.1, 0.15) is 5.41 Å². The topological polar surface area (TPSA) is 75.6 Å². The van der Waals surface area contributed by atoms with Gasteiger partial charge in [-0.25, -0.2) is 0 Å². The minimum atomic E-state index is -1.36. The molecular weight excluding hydrogens is 210 g/mol. The lowest BCUT2D eigenvalue weighted by atomic mass is 9.92. The normalized spacial score (nSPS) is 20.8. The summed E-state index contributed by atoms with van der Waals surface area (Å²) in [7, 11) is 0. The predicted molar refractivity (Wildman–Crippen MR) is 58.0 cm³/mol. The molecule has 1 atom stereocenters. The van der Waals surface area contributed by atoms with E-state index in [2.05, 4.69) is 5.32 Å². The molecule has 1 aliphatic rings. The largest absolute Gasteiger partial charge is 0.480 e. The summed E-state index contributed by atoms with van der Waals surface area (Å²) in [6, 6.07) is 0. The van der Waals surface area contributed by atoms with Crippen LogP contribution in [0.3, 0.4) is 0 Å². The van der Waals surface area contributed by atoms with E-state index in [9.17, 15) is 9.59 Å². The van der Waals surface area contributed by atoms with Crippen LogP contribution in [0.15, 0.2) is 0 Å². The zero-order chi connectivity index (χ0) is 12.2. The lowest BCUT2D eigenvalue weighted by Crippen LogP contribution is -2.43. The van der Waals surface area contributed by atoms with Crippen molar-refractivity contribution in [1.82, 2.24) is 5.32 Å². The van der Waals surface area contributed by atoms with Crippen molar-refractivity contribution in [3.8, 4) is 0 Å². The van der Waals surface area contributed by atoms with Gasteiger partial charge >= 0.3 is 5.97 Å². The number of ether oxygens (including phenoxy) is 1. The van der Waals surface area contributed by atoms with Crippen molar-refractivity contribution >= 4 is 11.9 Å². The zero-order valence-corrected chi connectivity index (χ0v) is 9.78. The lowest BCUT2D eigenvalue weighted by Gasteiger charge is -2.19. The third kappa shape index (κ3) is 3.20. The van der Waals surface area contributed by atoms with E-state index in [0.29, 0.717) is 6.54 Å². The summed E-state index contributed by atoms with van der Waals surface area (Å²) in [6.45, 7) is 4.06. The molecule has 1 aliphatic heterocycles. The van der Waals surface area contributed by atoms with Crippen LogP contribution in [-0.4, -0.2) is 36.2 Å². The molecule has 1 rings (SSSR count). The molecule has 92 valence electrons. The molecule has 0 aromatic rings. The van der Waals surface area contributed by atoms with Gasteiger partial charge in [0.25, 0.3) is 0 Å². The first kappa shape index (κ1) is 13.0. The van der Waals surface area contributed by atoms with Gasteiger partial charge in [-0.1, -0.05) is 0 Å². The summed E-state index contributed by atoms with van der Waals surface area (Å²) in [4.78, 5) is 22.3. The second-order valence-corrected chi connectivity index (χ2v) is 4.61. The zero-order valence-electron chi connectivity index (χ0n) is 9.78. The van der Waals surface area contributed by atoms with Crippen LogP contribution >= 0.6 is 0 Å². The Labute approximate surface area is 95.2 Å². The number of carboxylic acids is 1. The summed E-state index contributed by atoms with van der Waals surface area (Å²) in [5.74, 6) is -1.56. The SMILES string of the molecule is CC(C)(C(=O)O)C(=O)NCCC1CCCO1. The predicted octanol–water partition coefficient (Wildman–Crippen LogP) is 0.782. The highest BCUT2D eigenvalue weighted by molar-refractivity contribution is 6.00. The fourth-order valence-electron chi connectivity index (χ4n) is 1.54. The van der Waals surface area contributed by atoms with Crippen LogP contribution in [0, 0.1) is 5.41 Å². The monoisotopic (exact) mass is 229 g/mol. The second-order valence-electron chi connectivity index (χ2n) is 4.61. The second kappa shape index (κ2) is 5.30. The first-order valence-corrected chi connectivity index (χ1v) is 5.58. The van der Waals surface area contributed by atoms with Crippen molar-refractivity contribution in [1.29, 1.82) is 0 Å². The van der Waals surface area contributed by atoms with Crippen molar-refractivity contribution in [3.05, 3.63) is 0 Å². The van der Waals surface area contributed by atoms with Gasteiger partial charge < -0.3 is 15.2 Å².